The first-order valence-electron chi connectivity index (χ1n) is 7.51. The van der Waals surface area contributed by atoms with E-state index in [2.05, 4.69) is 5.43 Å². The number of hydrogen-bond acceptors (Lipinski definition) is 3. The molecule has 0 aliphatic carbocycles. The highest BCUT2D eigenvalue weighted by Crippen LogP contribution is 2.30. The molecule has 0 saturated carbocycles. The lowest BCUT2D eigenvalue weighted by atomic mass is 10.1. The molecule has 0 saturated heterocycles. The van der Waals surface area contributed by atoms with E-state index in [0.717, 1.165) is 38.9 Å². The highest BCUT2D eigenvalue weighted by molar-refractivity contribution is 6.05. The Bertz CT molecular complexity index is 1080. The standard InChI is InChI=1S/C19H16N2O2/c1-12-8-9-15-16-11-18(22)21(20-14-6-4-3-5-7-14)13(2)19(16)23-17(15)10-12/h3-11,20H,1-2H3. The minimum absolute atomic E-state index is 0.109. The van der Waals surface area contributed by atoms with Crippen LogP contribution >= 0.6 is 0 Å². The van der Waals surface area contributed by atoms with Crippen LogP contribution in [0.5, 0.6) is 0 Å². The monoisotopic (exact) mass is 304 g/mol. The number of aromatic nitrogens is 1. The van der Waals surface area contributed by atoms with E-state index in [0.29, 0.717) is 0 Å². The molecule has 4 rings (SSSR count). The maximum Gasteiger partial charge on any atom is 0.270 e. The fourth-order valence-corrected chi connectivity index (χ4v) is 2.87. The SMILES string of the molecule is Cc1ccc2c(c1)oc1c(C)n(Nc3ccccc3)c(=O)cc12. The lowest BCUT2D eigenvalue weighted by Crippen LogP contribution is -2.27. The number of rotatable bonds is 2. The van der Waals surface area contributed by atoms with E-state index in [1.54, 1.807) is 6.07 Å². The quantitative estimate of drug-likeness (QED) is 0.602. The Morgan fingerprint density at radius 3 is 2.52 bits per heavy atom. The predicted molar refractivity (Wildman–Crippen MR) is 92.9 cm³/mol. The molecule has 4 nitrogen and oxygen atoms in total. The first-order valence-corrected chi connectivity index (χ1v) is 7.51. The molecule has 0 aliphatic heterocycles. The highest BCUT2D eigenvalue weighted by Gasteiger charge is 2.14. The normalized spacial score (nSPS) is 11.2. The molecule has 0 spiro atoms. The molecular weight excluding hydrogens is 288 g/mol. The summed E-state index contributed by atoms with van der Waals surface area (Å²) in [5.74, 6) is 0. The van der Waals surface area contributed by atoms with Gasteiger partial charge in [-0.05, 0) is 37.6 Å². The van der Waals surface area contributed by atoms with Crippen molar-refractivity contribution in [3.8, 4) is 0 Å². The third kappa shape index (κ3) is 2.19. The average molecular weight is 304 g/mol. The summed E-state index contributed by atoms with van der Waals surface area (Å²) in [7, 11) is 0. The second-order valence-corrected chi connectivity index (χ2v) is 5.73. The van der Waals surface area contributed by atoms with Crippen LogP contribution in [-0.2, 0) is 0 Å². The van der Waals surface area contributed by atoms with Crippen LogP contribution in [0.2, 0.25) is 0 Å². The van der Waals surface area contributed by atoms with Gasteiger partial charge < -0.3 is 4.42 Å². The summed E-state index contributed by atoms with van der Waals surface area (Å²) in [5, 5.41) is 1.83. The van der Waals surface area contributed by atoms with Gasteiger partial charge in [0, 0.05) is 16.8 Å². The summed E-state index contributed by atoms with van der Waals surface area (Å²) in [6.07, 6.45) is 0. The Morgan fingerprint density at radius 2 is 1.74 bits per heavy atom. The Labute approximate surface area is 132 Å². The molecule has 0 unspecified atom stereocenters. The summed E-state index contributed by atoms with van der Waals surface area (Å²) in [6, 6.07) is 17.3. The number of nitrogens with one attached hydrogen (secondary N) is 1. The summed E-state index contributed by atoms with van der Waals surface area (Å²) >= 11 is 0. The van der Waals surface area contributed by atoms with Crippen LogP contribution in [0.25, 0.3) is 21.9 Å². The summed E-state index contributed by atoms with van der Waals surface area (Å²) in [5.41, 5.74) is 7.30. The van der Waals surface area contributed by atoms with Gasteiger partial charge in [-0.15, -0.1) is 0 Å². The number of fused-ring (bicyclic) bond motifs is 3. The number of furan rings is 1. The fourth-order valence-electron chi connectivity index (χ4n) is 2.87. The van der Waals surface area contributed by atoms with Crippen LogP contribution in [0.4, 0.5) is 5.69 Å². The van der Waals surface area contributed by atoms with Crippen LogP contribution in [-0.4, -0.2) is 4.68 Å². The molecular formula is C19H16N2O2. The van der Waals surface area contributed by atoms with Crippen LogP contribution in [0.3, 0.4) is 0 Å². The molecule has 2 aromatic carbocycles. The zero-order valence-corrected chi connectivity index (χ0v) is 13.0. The summed E-state index contributed by atoms with van der Waals surface area (Å²) in [6.45, 7) is 3.91. The van der Waals surface area contributed by atoms with E-state index in [1.807, 2.05) is 62.4 Å². The number of anilines is 1. The molecule has 0 bridgehead atoms. The van der Waals surface area contributed by atoms with E-state index in [9.17, 15) is 4.79 Å². The lowest BCUT2D eigenvalue weighted by molar-refractivity contribution is 0.655. The van der Waals surface area contributed by atoms with Crippen LogP contribution in [0.15, 0.2) is 63.8 Å². The van der Waals surface area contributed by atoms with Gasteiger partial charge in [0.15, 0.2) is 5.58 Å². The number of pyridine rings is 1. The molecule has 0 aliphatic rings. The zero-order chi connectivity index (χ0) is 16.0. The molecule has 4 heteroatoms. The van der Waals surface area contributed by atoms with Gasteiger partial charge in [0.05, 0.1) is 11.4 Å². The zero-order valence-electron chi connectivity index (χ0n) is 13.0. The molecule has 1 N–H and O–H groups in total. The first kappa shape index (κ1) is 13.6. The van der Waals surface area contributed by atoms with E-state index >= 15 is 0 Å². The Balaban J connectivity index is 1.96. The van der Waals surface area contributed by atoms with Gasteiger partial charge in [0.2, 0.25) is 0 Å². The van der Waals surface area contributed by atoms with Gasteiger partial charge in [0.25, 0.3) is 5.56 Å². The van der Waals surface area contributed by atoms with Crippen molar-refractivity contribution < 1.29 is 4.42 Å². The van der Waals surface area contributed by atoms with Crippen LogP contribution in [0, 0.1) is 13.8 Å². The molecule has 23 heavy (non-hydrogen) atoms. The number of para-hydroxylation sites is 1. The Hall–Kier alpha value is -3.01. The number of benzene rings is 2. The fraction of sp³-hybridized carbons (Fsp3) is 0.105. The maximum absolute atomic E-state index is 12.5. The third-order valence-corrected chi connectivity index (χ3v) is 4.05. The van der Waals surface area contributed by atoms with Gasteiger partial charge in [-0.25, -0.2) is 4.68 Å². The lowest BCUT2D eigenvalue weighted by Gasteiger charge is -2.12. The van der Waals surface area contributed by atoms with E-state index in [-0.39, 0.29) is 5.56 Å². The number of aryl methyl sites for hydroxylation is 2. The van der Waals surface area contributed by atoms with Gasteiger partial charge in [-0.3, -0.25) is 10.2 Å². The maximum atomic E-state index is 12.5. The molecule has 0 fully saturated rings. The molecule has 0 atom stereocenters. The third-order valence-electron chi connectivity index (χ3n) is 4.05. The topological polar surface area (TPSA) is 47.2 Å². The van der Waals surface area contributed by atoms with E-state index < -0.39 is 0 Å². The van der Waals surface area contributed by atoms with Crippen molar-refractivity contribution in [3.63, 3.8) is 0 Å². The van der Waals surface area contributed by atoms with Crippen LogP contribution in [0.1, 0.15) is 11.3 Å². The smallest absolute Gasteiger partial charge is 0.270 e. The number of hydrogen-bond donors (Lipinski definition) is 1. The molecule has 114 valence electrons. The highest BCUT2D eigenvalue weighted by atomic mass is 16.3. The van der Waals surface area contributed by atoms with Crippen LogP contribution < -0.4 is 11.0 Å². The van der Waals surface area contributed by atoms with Gasteiger partial charge in [-0.2, -0.15) is 0 Å². The van der Waals surface area contributed by atoms with E-state index in [1.165, 1.54) is 4.68 Å². The van der Waals surface area contributed by atoms with Gasteiger partial charge >= 0.3 is 0 Å². The predicted octanol–water partition coefficient (Wildman–Crippen LogP) is 4.24. The van der Waals surface area contributed by atoms with Gasteiger partial charge in [0.1, 0.15) is 5.58 Å². The van der Waals surface area contributed by atoms with Crippen molar-refractivity contribution in [1.82, 2.24) is 4.68 Å². The molecule has 2 aromatic heterocycles. The summed E-state index contributed by atoms with van der Waals surface area (Å²) in [4.78, 5) is 12.5. The molecule has 0 amide bonds. The van der Waals surface area contributed by atoms with Crippen molar-refractivity contribution in [3.05, 3.63) is 76.2 Å². The van der Waals surface area contributed by atoms with Crippen molar-refractivity contribution in [1.29, 1.82) is 0 Å². The second-order valence-electron chi connectivity index (χ2n) is 5.73. The largest absolute Gasteiger partial charge is 0.454 e. The average Bonchev–Trinajstić information content (AvgIpc) is 2.90. The molecule has 4 aromatic rings. The minimum Gasteiger partial charge on any atom is -0.454 e. The molecule has 0 radical (unpaired) electrons. The second kappa shape index (κ2) is 5.02. The van der Waals surface area contributed by atoms with Crippen molar-refractivity contribution in [2.24, 2.45) is 0 Å². The van der Waals surface area contributed by atoms with Crippen molar-refractivity contribution >= 4 is 27.6 Å². The minimum atomic E-state index is -0.109. The number of nitrogens with zero attached hydrogens (tertiary/aromatic N) is 1. The van der Waals surface area contributed by atoms with Gasteiger partial charge in [-0.1, -0.05) is 30.3 Å². The Kier molecular flexibility index (Phi) is 2.98. The Morgan fingerprint density at radius 1 is 0.957 bits per heavy atom. The summed E-state index contributed by atoms with van der Waals surface area (Å²) < 4.78 is 7.52. The van der Waals surface area contributed by atoms with E-state index in [4.69, 9.17) is 4.42 Å². The van der Waals surface area contributed by atoms with Crippen molar-refractivity contribution in [2.45, 2.75) is 13.8 Å². The first-order chi connectivity index (χ1) is 11.1. The van der Waals surface area contributed by atoms with Crippen molar-refractivity contribution in [2.75, 3.05) is 5.43 Å². The molecule has 2 heterocycles.